The first-order valence-electron chi connectivity index (χ1n) is 5.99. The molecule has 0 bridgehead atoms. The molecule has 0 fully saturated rings. The highest BCUT2D eigenvalue weighted by atomic mass is 35.7. The molecule has 6 heteroatoms. The van der Waals surface area contributed by atoms with Crippen molar-refractivity contribution >= 4 is 25.6 Å². The highest BCUT2D eigenvalue weighted by Gasteiger charge is 2.17. The van der Waals surface area contributed by atoms with Crippen LogP contribution in [-0.4, -0.2) is 20.9 Å². The Kier molecular flexibility index (Phi) is 4.98. The van der Waals surface area contributed by atoms with Crippen LogP contribution >= 0.6 is 10.7 Å². The summed E-state index contributed by atoms with van der Waals surface area (Å²) >= 11 is 0. The zero-order valence-electron chi connectivity index (χ0n) is 11.2. The molecule has 0 heterocycles. The molecule has 106 valence electrons. The van der Waals surface area contributed by atoms with E-state index in [0.29, 0.717) is 12.1 Å². The van der Waals surface area contributed by atoms with E-state index < -0.39 is 9.05 Å². The summed E-state index contributed by atoms with van der Waals surface area (Å²) in [5.74, 6) is -0.222. The quantitative estimate of drug-likeness (QED) is 0.851. The summed E-state index contributed by atoms with van der Waals surface area (Å²) in [5, 5.41) is 2.83. The normalized spacial score (nSPS) is 12.2. The van der Waals surface area contributed by atoms with Crippen molar-refractivity contribution in [2.75, 3.05) is 6.54 Å². The van der Waals surface area contributed by atoms with Gasteiger partial charge in [-0.05, 0) is 36.1 Å². The number of carbonyl (C=O) groups is 1. The van der Waals surface area contributed by atoms with Gasteiger partial charge in [-0.2, -0.15) is 0 Å². The largest absolute Gasteiger partial charge is 0.352 e. The molecular formula is C13H18ClNO3S. The summed E-state index contributed by atoms with van der Waals surface area (Å²) in [4.78, 5) is 11.9. The second-order valence-corrected chi connectivity index (χ2v) is 7.73. The molecule has 1 aromatic carbocycles. The van der Waals surface area contributed by atoms with Crippen LogP contribution in [0, 0.1) is 5.41 Å². The van der Waals surface area contributed by atoms with Crippen molar-refractivity contribution in [2.45, 2.75) is 32.1 Å². The maximum absolute atomic E-state index is 11.9. The zero-order valence-corrected chi connectivity index (χ0v) is 12.8. The van der Waals surface area contributed by atoms with Crippen molar-refractivity contribution in [3.63, 3.8) is 0 Å². The third kappa shape index (κ3) is 4.84. The minimum Gasteiger partial charge on any atom is -0.352 e. The number of benzene rings is 1. The van der Waals surface area contributed by atoms with E-state index in [1.807, 2.05) is 0 Å². The van der Waals surface area contributed by atoms with E-state index in [1.165, 1.54) is 24.3 Å². The van der Waals surface area contributed by atoms with Gasteiger partial charge < -0.3 is 5.32 Å². The second kappa shape index (κ2) is 5.92. The molecule has 0 aromatic heterocycles. The van der Waals surface area contributed by atoms with Gasteiger partial charge in [0.1, 0.15) is 0 Å². The average Bonchev–Trinajstić information content (AvgIpc) is 2.35. The fraction of sp³-hybridized carbons (Fsp3) is 0.462. The summed E-state index contributed by atoms with van der Waals surface area (Å²) < 4.78 is 22.1. The summed E-state index contributed by atoms with van der Waals surface area (Å²) in [7, 11) is 1.46. The number of hydrogen-bond acceptors (Lipinski definition) is 3. The predicted octanol–water partition coefficient (Wildman–Crippen LogP) is 2.78. The predicted molar refractivity (Wildman–Crippen MR) is 75.9 cm³/mol. The molecule has 0 aliphatic rings. The van der Waals surface area contributed by atoms with Crippen LogP contribution in [0.15, 0.2) is 29.2 Å². The highest BCUT2D eigenvalue weighted by molar-refractivity contribution is 8.13. The lowest BCUT2D eigenvalue weighted by Gasteiger charge is -2.22. The summed E-state index contributed by atoms with van der Waals surface area (Å²) in [6.45, 7) is 6.76. The molecule has 0 saturated carbocycles. The molecule has 0 saturated heterocycles. The molecule has 1 N–H and O–H groups in total. The lowest BCUT2D eigenvalue weighted by Crippen LogP contribution is -2.33. The van der Waals surface area contributed by atoms with Gasteiger partial charge >= 0.3 is 0 Å². The summed E-state index contributed by atoms with van der Waals surface area (Å²) in [5.41, 5.74) is 0.450. The van der Waals surface area contributed by atoms with Crippen molar-refractivity contribution in [1.29, 1.82) is 0 Å². The van der Waals surface area contributed by atoms with Crippen LogP contribution in [0.3, 0.4) is 0 Å². The minimum absolute atomic E-state index is 0.0143. The van der Waals surface area contributed by atoms with Crippen molar-refractivity contribution in [3.8, 4) is 0 Å². The Morgan fingerprint density at radius 2 is 1.79 bits per heavy atom. The third-order valence-corrected chi connectivity index (χ3v) is 4.45. The van der Waals surface area contributed by atoms with E-state index in [1.54, 1.807) is 0 Å². The average molecular weight is 304 g/mol. The molecule has 1 amide bonds. The monoisotopic (exact) mass is 303 g/mol. The van der Waals surface area contributed by atoms with Crippen molar-refractivity contribution < 1.29 is 13.2 Å². The maximum Gasteiger partial charge on any atom is 0.261 e. The standard InChI is InChI=1S/C13H18ClNO3S/c1-4-13(2,3)9-15-12(16)10-5-7-11(8-6-10)19(14,17)18/h5-8H,4,9H2,1-3H3,(H,15,16). The summed E-state index contributed by atoms with van der Waals surface area (Å²) in [6.07, 6.45) is 0.955. The van der Waals surface area contributed by atoms with Gasteiger partial charge in [0, 0.05) is 22.8 Å². The second-order valence-electron chi connectivity index (χ2n) is 5.16. The lowest BCUT2D eigenvalue weighted by atomic mass is 9.90. The number of halogens is 1. The number of carbonyl (C=O) groups excluding carboxylic acids is 1. The molecule has 1 rings (SSSR count). The Hall–Kier alpha value is -1.07. The first-order chi connectivity index (χ1) is 8.65. The molecule has 0 radical (unpaired) electrons. The Morgan fingerprint density at radius 3 is 2.21 bits per heavy atom. The Balaban J connectivity index is 2.74. The van der Waals surface area contributed by atoms with Gasteiger partial charge in [0.2, 0.25) is 0 Å². The van der Waals surface area contributed by atoms with E-state index in [4.69, 9.17) is 10.7 Å². The van der Waals surface area contributed by atoms with Crippen LogP contribution in [0.2, 0.25) is 0 Å². The van der Waals surface area contributed by atoms with Crippen molar-refractivity contribution in [3.05, 3.63) is 29.8 Å². The lowest BCUT2D eigenvalue weighted by molar-refractivity contribution is 0.0935. The van der Waals surface area contributed by atoms with Gasteiger partial charge in [-0.25, -0.2) is 8.42 Å². The highest BCUT2D eigenvalue weighted by Crippen LogP contribution is 2.18. The molecule has 19 heavy (non-hydrogen) atoms. The molecule has 0 atom stereocenters. The Bertz CT molecular complexity index is 550. The van der Waals surface area contributed by atoms with E-state index in [-0.39, 0.29) is 16.2 Å². The fourth-order valence-electron chi connectivity index (χ4n) is 1.32. The van der Waals surface area contributed by atoms with E-state index in [0.717, 1.165) is 6.42 Å². The van der Waals surface area contributed by atoms with Crippen LogP contribution in [0.5, 0.6) is 0 Å². The third-order valence-electron chi connectivity index (χ3n) is 3.08. The smallest absolute Gasteiger partial charge is 0.261 e. The van der Waals surface area contributed by atoms with E-state index in [9.17, 15) is 13.2 Å². The fourth-order valence-corrected chi connectivity index (χ4v) is 2.09. The van der Waals surface area contributed by atoms with Crippen molar-refractivity contribution in [1.82, 2.24) is 5.32 Å². The first kappa shape index (κ1) is 16.0. The Morgan fingerprint density at radius 1 is 1.26 bits per heavy atom. The van der Waals surface area contributed by atoms with Crippen LogP contribution in [0.1, 0.15) is 37.6 Å². The SMILES string of the molecule is CCC(C)(C)CNC(=O)c1ccc(S(=O)(=O)Cl)cc1. The number of amides is 1. The van der Waals surface area contributed by atoms with Crippen LogP contribution in [-0.2, 0) is 9.05 Å². The van der Waals surface area contributed by atoms with Gasteiger partial charge in [0.25, 0.3) is 15.0 Å². The van der Waals surface area contributed by atoms with Gasteiger partial charge in [-0.15, -0.1) is 0 Å². The molecule has 0 aliphatic heterocycles. The van der Waals surface area contributed by atoms with Gasteiger partial charge in [-0.3, -0.25) is 4.79 Å². The van der Waals surface area contributed by atoms with E-state index >= 15 is 0 Å². The number of hydrogen-bond donors (Lipinski definition) is 1. The van der Waals surface area contributed by atoms with Crippen LogP contribution in [0.25, 0.3) is 0 Å². The van der Waals surface area contributed by atoms with Crippen LogP contribution in [0.4, 0.5) is 0 Å². The van der Waals surface area contributed by atoms with Crippen molar-refractivity contribution in [2.24, 2.45) is 5.41 Å². The van der Waals surface area contributed by atoms with Crippen LogP contribution < -0.4 is 5.32 Å². The van der Waals surface area contributed by atoms with Gasteiger partial charge in [-0.1, -0.05) is 20.8 Å². The number of nitrogens with one attached hydrogen (secondary N) is 1. The zero-order chi connectivity index (χ0) is 14.7. The molecule has 0 unspecified atom stereocenters. The maximum atomic E-state index is 11.9. The molecular weight excluding hydrogens is 286 g/mol. The van der Waals surface area contributed by atoms with Gasteiger partial charge in [0.15, 0.2) is 0 Å². The number of rotatable bonds is 5. The Labute approximate surface area is 118 Å². The van der Waals surface area contributed by atoms with E-state index in [2.05, 4.69) is 26.1 Å². The molecule has 4 nitrogen and oxygen atoms in total. The molecule has 1 aromatic rings. The topological polar surface area (TPSA) is 63.2 Å². The first-order valence-corrected chi connectivity index (χ1v) is 8.29. The summed E-state index contributed by atoms with van der Waals surface area (Å²) in [6, 6.07) is 5.54. The molecule has 0 aliphatic carbocycles. The minimum atomic E-state index is -3.74. The molecule has 0 spiro atoms. The van der Waals surface area contributed by atoms with Gasteiger partial charge in [0.05, 0.1) is 4.90 Å².